The van der Waals surface area contributed by atoms with Crippen molar-refractivity contribution < 1.29 is 4.79 Å². The van der Waals surface area contributed by atoms with Crippen LogP contribution in [0.5, 0.6) is 0 Å². The van der Waals surface area contributed by atoms with Gasteiger partial charge in [0.05, 0.1) is 0 Å². The lowest BCUT2D eigenvalue weighted by Gasteiger charge is -2.35. The van der Waals surface area contributed by atoms with Gasteiger partial charge in [-0.05, 0) is 31.0 Å². The van der Waals surface area contributed by atoms with E-state index in [0.29, 0.717) is 12.0 Å². The van der Waals surface area contributed by atoms with Gasteiger partial charge in [-0.2, -0.15) is 0 Å². The fourth-order valence-corrected chi connectivity index (χ4v) is 4.19. The molecule has 0 spiro atoms. The number of nitrogens with zero attached hydrogens (tertiary/aromatic N) is 2. The molecule has 0 bridgehead atoms. The minimum Gasteiger partial charge on any atom is -0.354 e. The van der Waals surface area contributed by atoms with Crippen molar-refractivity contribution in [1.29, 1.82) is 0 Å². The summed E-state index contributed by atoms with van der Waals surface area (Å²) in [6.07, 6.45) is 2.09. The maximum absolute atomic E-state index is 11.3. The molecular formula is C24H33N3O. The first-order chi connectivity index (χ1) is 13.6. The third kappa shape index (κ3) is 6.47. The highest BCUT2D eigenvalue weighted by Gasteiger charge is 2.23. The molecule has 1 atom stereocenters. The molecule has 150 valence electrons. The van der Waals surface area contributed by atoms with E-state index < -0.39 is 0 Å². The fraction of sp³-hybridized carbons (Fsp3) is 0.458. The van der Waals surface area contributed by atoms with Gasteiger partial charge in [-0.25, -0.2) is 0 Å². The van der Waals surface area contributed by atoms with Crippen LogP contribution in [-0.2, 0) is 11.3 Å². The number of rotatable bonds is 8. The third-order valence-corrected chi connectivity index (χ3v) is 5.57. The Morgan fingerprint density at radius 2 is 1.68 bits per heavy atom. The molecule has 4 nitrogen and oxygen atoms in total. The first-order valence-electron chi connectivity index (χ1n) is 10.4. The number of carbonyl (C=O) groups is 1. The fourth-order valence-electron chi connectivity index (χ4n) is 4.19. The van der Waals surface area contributed by atoms with Crippen molar-refractivity contribution in [1.82, 2.24) is 15.1 Å². The van der Waals surface area contributed by atoms with Gasteiger partial charge in [-0.3, -0.25) is 4.79 Å². The van der Waals surface area contributed by atoms with Gasteiger partial charge in [0.15, 0.2) is 0 Å². The lowest BCUT2D eigenvalue weighted by molar-refractivity contribution is -0.119. The summed E-state index contributed by atoms with van der Waals surface area (Å²) in [7, 11) is 2.21. The monoisotopic (exact) mass is 379 g/mol. The molecule has 0 radical (unpaired) electrons. The Morgan fingerprint density at radius 3 is 2.29 bits per heavy atom. The summed E-state index contributed by atoms with van der Waals surface area (Å²) < 4.78 is 0. The van der Waals surface area contributed by atoms with Gasteiger partial charge in [-0.15, -0.1) is 0 Å². The number of piperidine rings is 1. The molecule has 4 heteroatoms. The van der Waals surface area contributed by atoms with Crippen LogP contribution < -0.4 is 5.32 Å². The Balaban J connectivity index is 1.59. The number of carbonyl (C=O) groups excluding carboxylic acids is 1. The van der Waals surface area contributed by atoms with Crippen molar-refractivity contribution in [3.63, 3.8) is 0 Å². The number of benzene rings is 2. The van der Waals surface area contributed by atoms with E-state index >= 15 is 0 Å². The number of hydrogen-bond donors (Lipinski definition) is 1. The second-order valence-electron chi connectivity index (χ2n) is 8.07. The lowest BCUT2D eigenvalue weighted by Crippen LogP contribution is -2.45. The zero-order valence-electron chi connectivity index (χ0n) is 17.2. The Hall–Kier alpha value is -2.17. The third-order valence-electron chi connectivity index (χ3n) is 5.57. The van der Waals surface area contributed by atoms with E-state index in [1.807, 2.05) is 0 Å². The van der Waals surface area contributed by atoms with Gasteiger partial charge >= 0.3 is 0 Å². The molecule has 1 amide bonds. The topological polar surface area (TPSA) is 35.6 Å². The average Bonchev–Trinajstić information content (AvgIpc) is 2.70. The number of amides is 1. The van der Waals surface area contributed by atoms with Gasteiger partial charge in [0.25, 0.3) is 0 Å². The predicted octanol–water partition coefficient (Wildman–Crippen LogP) is 3.50. The van der Waals surface area contributed by atoms with E-state index in [2.05, 4.69) is 82.8 Å². The quantitative estimate of drug-likeness (QED) is 0.762. The maximum Gasteiger partial charge on any atom is 0.217 e. The molecule has 28 heavy (non-hydrogen) atoms. The first kappa shape index (κ1) is 20.6. The molecule has 1 saturated heterocycles. The molecular weight excluding hydrogens is 346 g/mol. The van der Waals surface area contributed by atoms with E-state index in [1.54, 1.807) is 6.92 Å². The molecule has 1 N–H and O–H groups in total. The number of nitrogens with one attached hydrogen (secondary N) is 1. The zero-order chi connectivity index (χ0) is 19.8. The van der Waals surface area contributed by atoms with Gasteiger partial charge in [0.2, 0.25) is 5.91 Å². The maximum atomic E-state index is 11.3. The van der Waals surface area contributed by atoms with Crippen LogP contribution in [0.3, 0.4) is 0 Å². The molecule has 3 rings (SSSR count). The van der Waals surface area contributed by atoms with Crippen molar-refractivity contribution in [2.75, 3.05) is 33.2 Å². The molecule has 2 aromatic carbocycles. The van der Waals surface area contributed by atoms with E-state index in [4.69, 9.17) is 0 Å². The Kier molecular flexibility index (Phi) is 7.63. The SMILES string of the molecule is CC(=O)NC1CCN(C[C@@H](CN(C)Cc2ccccc2)c2ccccc2)CC1. The molecule has 0 saturated carbocycles. The largest absolute Gasteiger partial charge is 0.354 e. The van der Waals surface area contributed by atoms with Crippen LogP contribution in [0.4, 0.5) is 0 Å². The molecule has 0 unspecified atom stereocenters. The molecule has 1 aliphatic rings. The predicted molar refractivity (Wildman–Crippen MR) is 115 cm³/mol. The van der Waals surface area contributed by atoms with Crippen molar-refractivity contribution in [2.24, 2.45) is 0 Å². The second-order valence-corrected chi connectivity index (χ2v) is 8.07. The van der Waals surface area contributed by atoms with E-state index in [-0.39, 0.29) is 5.91 Å². The summed E-state index contributed by atoms with van der Waals surface area (Å²) in [6.45, 7) is 6.78. The van der Waals surface area contributed by atoms with Crippen LogP contribution >= 0.6 is 0 Å². The van der Waals surface area contributed by atoms with E-state index in [0.717, 1.165) is 45.6 Å². The lowest BCUT2D eigenvalue weighted by atomic mass is 9.96. The van der Waals surface area contributed by atoms with Crippen LogP contribution in [-0.4, -0.2) is 55.0 Å². The molecule has 0 aliphatic carbocycles. The van der Waals surface area contributed by atoms with Crippen LogP contribution in [0, 0.1) is 0 Å². The molecule has 1 fully saturated rings. The van der Waals surface area contributed by atoms with Crippen LogP contribution in [0.2, 0.25) is 0 Å². The zero-order valence-corrected chi connectivity index (χ0v) is 17.2. The van der Waals surface area contributed by atoms with Crippen molar-refractivity contribution in [3.8, 4) is 0 Å². The minimum absolute atomic E-state index is 0.0862. The summed E-state index contributed by atoms with van der Waals surface area (Å²) in [6, 6.07) is 21.9. The molecule has 1 heterocycles. The number of hydrogen-bond acceptors (Lipinski definition) is 3. The standard InChI is InChI=1S/C24H33N3O/c1-20(28)25-24-13-15-27(16-14-24)19-23(22-11-7-4-8-12-22)18-26(2)17-21-9-5-3-6-10-21/h3-12,23-24H,13-19H2,1-2H3,(H,25,28)/t23-/m1/s1. The summed E-state index contributed by atoms with van der Waals surface area (Å²) in [5, 5.41) is 3.07. The summed E-state index contributed by atoms with van der Waals surface area (Å²) in [5.41, 5.74) is 2.76. The summed E-state index contributed by atoms with van der Waals surface area (Å²) in [4.78, 5) is 16.3. The highest BCUT2D eigenvalue weighted by atomic mass is 16.1. The highest BCUT2D eigenvalue weighted by molar-refractivity contribution is 5.73. The van der Waals surface area contributed by atoms with E-state index in [9.17, 15) is 4.79 Å². The smallest absolute Gasteiger partial charge is 0.217 e. The Morgan fingerprint density at radius 1 is 1.07 bits per heavy atom. The second kappa shape index (κ2) is 10.4. The summed E-state index contributed by atoms with van der Waals surface area (Å²) >= 11 is 0. The molecule has 2 aromatic rings. The van der Waals surface area contributed by atoms with Gasteiger partial charge in [0.1, 0.15) is 0 Å². The summed E-state index contributed by atoms with van der Waals surface area (Å²) in [5.74, 6) is 0.565. The minimum atomic E-state index is 0.0862. The van der Waals surface area contributed by atoms with Gasteiger partial charge in [0, 0.05) is 51.6 Å². The number of likely N-dealkylation sites (N-methyl/N-ethyl adjacent to an activating group) is 1. The van der Waals surface area contributed by atoms with Gasteiger partial charge in [-0.1, -0.05) is 60.7 Å². The average molecular weight is 380 g/mol. The van der Waals surface area contributed by atoms with Crippen molar-refractivity contribution >= 4 is 5.91 Å². The Bertz CT molecular complexity index is 711. The van der Waals surface area contributed by atoms with Crippen LogP contribution in [0.15, 0.2) is 60.7 Å². The number of likely N-dealkylation sites (tertiary alicyclic amines) is 1. The van der Waals surface area contributed by atoms with Crippen LogP contribution in [0.25, 0.3) is 0 Å². The van der Waals surface area contributed by atoms with E-state index in [1.165, 1.54) is 11.1 Å². The molecule has 1 aliphatic heterocycles. The van der Waals surface area contributed by atoms with Crippen molar-refractivity contribution in [2.45, 2.75) is 38.3 Å². The molecule has 0 aromatic heterocycles. The van der Waals surface area contributed by atoms with Gasteiger partial charge < -0.3 is 15.1 Å². The van der Waals surface area contributed by atoms with Crippen molar-refractivity contribution in [3.05, 3.63) is 71.8 Å². The van der Waals surface area contributed by atoms with Crippen LogP contribution in [0.1, 0.15) is 36.8 Å². The highest BCUT2D eigenvalue weighted by Crippen LogP contribution is 2.21. The Labute approximate surface area is 169 Å². The normalized spacial score (nSPS) is 16.8. The first-order valence-corrected chi connectivity index (χ1v) is 10.4.